The molecule has 17 heavy (non-hydrogen) atoms. The van der Waals surface area contributed by atoms with Gasteiger partial charge in [0, 0.05) is 38.1 Å². The SMILES string of the molecule is COC(=O)CCCN1CCN(C(C)(C)C)CC1. The maximum absolute atomic E-state index is 11.0. The number of methoxy groups -OCH3 is 1. The van der Waals surface area contributed by atoms with Gasteiger partial charge in [0.05, 0.1) is 7.11 Å². The summed E-state index contributed by atoms with van der Waals surface area (Å²) in [7, 11) is 1.45. The molecule has 1 saturated heterocycles. The molecule has 0 saturated carbocycles. The van der Waals surface area contributed by atoms with Crippen LogP contribution < -0.4 is 0 Å². The predicted molar refractivity (Wildman–Crippen MR) is 69.0 cm³/mol. The average molecular weight is 242 g/mol. The van der Waals surface area contributed by atoms with E-state index in [9.17, 15) is 4.79 Å². The molecule has 0 bridgehead atoms. The standard InChI is InChI=1S/C13H26N2O2/c1-13(2,3)15-10-8-14(9-11-15)7-5-6-12(16)17-4/h5-11H2,1-4H3. The number of ether oxygens (including phenoxy) is 1. The zero-order chi connectivity index (χ0) is 12.9. The minimum Gasteiger partial charge on any atom is -0.469 e. The fourth-order valence-corrected chi connectivity index (χ4v) is 2.19. The molecule has 0 spiro atoms. The van der Waals surface area contributed by atoms with Crippen molar-refractivity contribution in [2.24, 2.45) is 0 Å². The largest absolute Gasteiger partial charge is 0.469 e. The molecular formula is C13H26N2O2. The topological polar surface area (TPSA) is 32.8 Å². The smallest absolute Gasteiger partial charge is 0.305 e. The van der Waals surface area contributed by atoms with Crippen LogP contribution in [0.15, 0.2) is 0 Å². The van der Waals surface area contributed by atoms with Crippen molar-refractivity contribution in [1.29, 1.82) is 0 Å². The molecule has 100 valence electrons. The van der Waals surface area contributed by atoms with E-state index in [0.717, 1.165) is 39.1 Å². The zero-order valence-corrected chi connectivity index (χ0v) is 11.7. The van der Waals surface area contributed by atoms with Crippen LogP contribution in [0.3, 0.4) is 0 Å². The monoisotopic (exact) mass is 242 g/mol. The van der Waals surface area contributed by atoms with Crippen LogP contribution in [0.4, 0.5) is 0 Å². The molecule has 1 fully saturated rings. The summed E-state index contributed by atoms with van der Waals surface area (Å²) in [5, 5.41) is 0. The highest BCUT2D eigenvalue weighted by Crippen LogP contribution is 2.15. The number of hydrogen-bond acceptors (Lipinski definition) is 4. The number of nitrogens with zero attached hydrogens (tertiary/aromatic N) is 2. The maximum atomic E-state index is 11.0. The third kappa shape index (κ3) is 5.04. The van der Waals surface area contributed by atoms with Crippen molar-refractivity contribution in [3.63, 3.8) is 0 Å². The molecule has 0 N–H and O–H groups in total. The highest BCUT2D eigenvalue weighted by molar-refractivity contribution is 5.69. The molecule has 1 heterocycles. The van der Waals surface area contributed by atoms with Gasteiger partial charge < -0.3 is 9.64 Å². The van der Waals surface area contributed by atoms with E-state index in [2.05, 4.69) is 35.3 Å². The molecule has 0 amide bonds. The minimum absolute atomic E-state index is 0.0988. The van der Waals surface area contributed by atoms with Gasteiger partial charge in [-0.2, -0.15) is 0 Å². The fraction of sp³-hybridized carbons (Fsp3) is 0.923. The molecular weight excluding hydrogens is 216 g/mol. The molecule has 0 aromatic rings. The van der Waals surface area contributed by atoms with Gasteiger partial charge in [0.1, 0.15) is 0 Å². The third-order valence-electron chi connectivity index (χ3n) is 3.40. The van der Waals surface area contributed by atoms with Gasteiger partial charge >= 0.3 is 5.97 Å². The lowest BCUT2D eigenvalue weighted by Crippen LogP contribution is -2.53. The predicted octanol–water partition coefficient (Wildman–Crippen LogP) is 1.36. The molecule has 0 aromatic carbocycles. The van der Waals surface area contributed by atoms with E-state index in [1.165, 1.54) is 7.11 Å². The summed E-state index contributed by atoms with van der Waals surface area (Å²) in [6.45, 7) is 12.3. The number of carbonyl (C=O) groups excluding carboxylic acids is 1. The molecule has 4 nitrogen and oxygen atoms in total. The van der Waals surface area contributed by atoms with Crippen LogP contribution in [-0.4, -0.2) is 61.1 Å². The molecule has 0 unspecified atom stereocenters. The lowest BCUT2D eigenvalue weighted by Gasteiger charge is -2.42. The van der Waals surface area contributed by atoms with Crippen LogP contribution in [0.1, 0.15) is 33.6 Å². The van der Waals surface area contributed by atoms with E-state index in [1.807, 2.05) is 0 Å². The first-order valence-corrected chi connectivity index (χ1v) is 6.47. The van der Waals surface area contributed by atoms with Gasteiger partial charge in [0.15, 0.2) is 0 Å². The first-order chi connectivity index (χ1) is 7.93. The van der Waals surface area contributed by atoms with Gasteiger partial charge in [0.2, 0.25) is 0 Å². The van der Waals surface area contributed by atoms with E-state index >= 15 is 0 Å². The molecule has 1 aliphatic rings. The number of rotatable bonds is 4. The van der Waals surface area contributed by atoms with E-state index < -0.39 is 0 Å². The van der Waals surface area contributed by atoms with Crippen LogP contribution in [-0.2, 0) is 9.53 Å². The molecule has 0 atom stereocenters. The molecule has 0 radical (unpaired) electrons. The number of esters is 1. The van der Waals surface area contributed by atoms with Gasteiger partial charge in [-0.15, -0.1) is 0 Å². The summed E-state index contributed by atoms with van der Waals surface area (Å²) >= 11 is 0. The highest BCUT2D eigenvalue weighted by Gasteiger charge is 2.25. The van der Waals surface area contributed by atoms with Crippen LogP contribution in [0, 0.1) is 0 Å². The minimum atomic E-state index is -0.0988. The lowest BCUT2D eigenvalue weighted by molar-refractivity contribution is -0.140. The van der Waals surface area contributed by atoms with E-state index in [0.29, 0.717) is 6.42 Å². The van der Waals surface area contributed by atoms with Crippen LogP contribution >= 0.6 is 0 Å². The van der Waals surface area contributed by atoms with Gasteiger partial charge in [-0.05, 0) is 33.7 Å². The number of piperazine rings is 1. The summed E-state index contributed by atoms with van der Waals surface area (Å²) in [5.74, 6) is -0.0988. The Balaban J connectivity index is 2.17. The van der Waals surface area contributed by atoms with Crippen molar-refractivity contribution in [3.8, 4) is 0 Å². The Morgan fingerprint density at radius 3 is 2.24 bits per heavy atom. The van der Waals surface area contributed by atoms with Crippen LogP contribution in [0.2, 0.25) is 0 Å². The lowest BCUT2D eigenvalue weighted by atomic mass is 10.0. The van der Waals surface area contributed by atoms with Crippen molar-refractivity contribution in [3.05, 3.63) is 0 Å². The van der Waals surface area contributed by atoms with Crippen molar-refractivity contribution >= 4 is 5.97 Å². The quantitative estimate of drug-likeness (QED) is 0.697. The van der Waals surface area contributed by atoms with E-state index in [1.54, 1.807) is 0 Å². The summed E-state index contributed by atoms with van der Waals surface area (Å²) in [6, 6.07) is 0. The van der Waals surface area contributed by atoms with Crippen LogP contribution in [0.25, 0.3) is 0 Å². The van der Waals surface area contributed by atoms with E-state index in [4.69, 9.17) is 0 Å². The summed E-state index contributed by atoms with van der Waals surface area (Å²) in [4.78, 5) is 15.9. The Kier molecular flexibility index (Phi) is 5.40. The second kappa shape index (κ2) is 6.36. The molecule has 0 aromatic heterocycles. The second-order valence-corrected chi connectivity index (χ2v) is 5.68. The highest BCUT2D eigenvalue weighted by atomic mass is 16.5. The molecule has 1 rings (SSSR count). The fourth-order valence-electron chi connectivity index (χ4n) is 2.19. The van der Waals surface area contributed by atoms with E-state index in [-0.39, 0.29) is 11.5 Å². The van der Waals surface area contributed by atoms with Crippen molar-refractivity contribution in [1.82, 2.24) is 9.80 Å². The first-order valence-electron chi connectivity index (χ1n) is 6.47. The van der Waals surface area contributed by atoms with Gasteiger partial charge in [-0.3, -0.25) is 9.69 Å². The second-order valence-electron chi connectivity index (χ2n) is 5.68. The summed E-state index contributed by atoms with van der Waals surface area (Å²) in [5.41, 5.74) is 0.276. The molecule has 1 aliphatic heterocycles. The Morgan fingerprint density at radius 1 is 1.18 bits per heavy atom. The van der Waals surface area contributed by atoms with Crippen molar-refractivity contribution in [2.75, 3.05) is 39.8 Å². The summed E-state index contributed by atoms with van der Waals surface area (Å²) < 4.78 is 4.64. The summed E-state index contributed by atoms with van der Waals surface area (Å²) in [6.07, 6.45) is 1.44. The zero-order valence-electron chi connectivity index (χ0n) is 11.7. The van der Waals surface area contributed by atoms with Gasteiger partial charge in [0.25, 0.3) is 0 Å². The van der Waals surface area contributed by atoms with Gasteiger partial charge in [-0.25, -0.2) is 0 Å². The Morgan fingerprint density at radius 2 is 1.76 bits per heavy atom. The third-order valence-corrected chi connectivity index (χ3v) is 3.40. The Hall–Kier alpha value is -0.610. The first kappa shape index (κ1) is 14.5. The Labute approximate surface area is 105 Å². The van der Waals surface area contributed by atoms with Crippen molar-refractivity contribution < 1.29 is 9.53 Å². The number of carbonyl (C=O) groups is 1. The van der Waals surface area contributed by atoms with Gasteiger partial charge in [-0.1, -0.05) is 0 Å². The molecule has 4 heteroatoms. The maximum Gasteiger partial charge on any atom is 0.305 e. The van der Waals surface area contributed by atoms with Crippen molar-refractivity contribution in [2.45, 2.75) is 39.2 Å². The molecule has 0 aliphatic carbocycles. The Bertz CT molecular complexity index is 240. The number of hydrogen-bond donors (Lipinski definition) is 0. The average Bonchev–Trinajstić information content (AvgIpc) is 2.28. The van der Waals surface area contributed by atoms with Crippen LogP contribution in [0.5, 0.6) is 0 Å². The normalized spacial score (nSPS) is 19.3.